The number of carbonyl (C=O) groups is 2. The average Bonchev–Trinajstić information content (AvgIpc) is 2.67. The number of rotatable bonds is 5. The normalized spacial score (nSPS) is 15.7. The van der Waals surface area contributed by atoms with Crippen molar-refractivity contribution in [3.8, 4) is 0 Å². The van der Waals surface area contributed by atoms with Gasteiger partial charge in [0.25, 0.3) is 5.91 Å². The van der Waals surface area contributed by atoms with Crippen LogP contribution in [0.25, 0.3) is 0 Å². The first kappa shape index (κ1) is 18.9. The molecule has 0 spiro atoms. The van der Waals surface area contributed by atoms with Crippen LogP contribution >= 0.6 is 0 Å². The van der Waals surface area contributed by atoms with Crippen molar-refractivity contribution in [3.05, 3.63) is 65.5 Å². The highest BCUT2D eigenvalue weighted by Gasteiger charge is 2.34. The Labute approximate surface area is 158 Å². The van der Waals surface area contributed by atoms with Gasteiger partial charge in [0.2, 0.25) is 0 Å². The minimum Gasteiger partial charge on any atom is -0.351 e. The van der Waals surface area contributed by atoms with E-state index in [0.717, 1.165) is 31.2 Å². The molecule has 0 aromatic heterocycles. The summed E-state index contributed by atoms with van der Waals surface area (Å²) >= 11 is 0. The lowest BCUT2D eigenvalue weighted by molar-refractivity contribution is 0.0936. The van der Waals surface area contributed by atoms with Gasteiger partial charge >= 0.3 is 6.03 Å². The number of hydrogen-bond donors (Lipinski definition) is 3. The van der Waals surface area contributed by atoms with Crippen molar-refractivity contribution in [1.82, 2.24) is 5.32 Å². The Kier molecular flexibility index (Phi) is 5.74. The fourth-order valence-corrected chi connectivity index (χ4v) is 3.80. The van der Waals surface area contributed by atoms with Gasteiger partial charge in [-0.2, -0.15) is 0 Å². The van der Waals surface area contributed by atoms with Gasteiger partial charge in [-0.3, -0.25) is 4.79 Å². The molecule has 3 amide bonds. The van der Waals surface area contributed by atoms with Crippen molar-refractivity contribution in [3.63, 3.8) is 0 Å². The maximum atomic E-state index is 13.3. The molecule has 0 heterocycles. The second kappa shape index (κ2) is 8.20. The topological polar surface area (TPSA) is 84.2 Å². The molecule has 0 aliphatic heterocycles. The molecule has 1 aliphatic carbocycles. The number of hydrogen-bond acceptors (Lipinski definition) is 2. The second-order valence-corrected chi connectivity index (χ2v) is 7.10. The molecular weight excluding hydrogens is 345 g/mol. The highest BCUT2D eigenvalue weighted by atomic mass is 19.1. The van der Waals surface area contributed by atoms with Gasteiger partial charge < -0.3 is 16.4 Å². The van der Waals surface area contributed by atoms with E-state index in [0.29, 0.717) is 17.8 Å². The van der Waals surface area contributed by atoms with Crippen molar-refractivity contribution in [2.24, 2.45) is 5.73 Å². The van der Waals surface area contributed by atoms with Crippen LogP contribution < -0.4 is 16.4 Å². The number of amides is 3. The Balaban J connectivity index is 1.70. The molecule has 142 valence electrons. The first-order chi connectivity index (χ1) is 13.0. The molecule has 2 aromatic rings. The quantitative estimate of drug-likeness (QED) is 0.746. The summed E-state index contributed by atoms with van der Waals surface area (Å²) in [5.74, 6) is -0.425. The van der Waals surface area contributed by atoms with Gasteiger partial charge in [0.15, 0.2) is 0 Å². The summed E-state index contributed by atoms with van der Waals surface area (Å²) in [7, 11) is 0. The smallest absolute Gasteiger partial charge is 0.316 e. The SMILES string of the molecule is NC(=O)Nc1ccc(C(=O)NCC2(c3ccc(F)cc3)CCCCC2)cc1. The predicted molar refractivity (Wildman–Crippen MR) is 103 cm³/mol. The van der Waals surface area contributed by atoms with Crippen LogP contribution in [0.5, 0.6) is 0 Å². The monoisotopic (exact) mass is 369 g/mol. The first-order valence-electron chi connectivity index (χ1n) is 9.19. The third-order valence-electron chi connectivity index (χ3n) is 5.27. The van der Waals surface area contributed by atoms with Crippen LogP contribution in [0.3, 0.4) is 0 Å². The number of anilines is 1. The molecular formula is C21H24FN3O2. The molecule has 6 heteroatoms. The van der Waals surface area contributed by atoms with Gasteiger partial charge in [-0.15, -0.1) is 0 Å². The van der Waals surface area contributed by atoms with E-state index in [1.165, 1.54) is 18.6 Å². The van der Waals surface area contributed by atoms with E-state index in [1.54, 1.807) is 24.3 Å². The lowest BCUT2D eigenvalue weighted by Crippen LogP contribution is -2.42. The summed E-state index contributed by atoms with van der Waals surface area (Å²) in [6.45, 7) is 0.513. The Morgan fingerprint density at radius 1 is 0.963 bits per heavy atom. The zero-order valence-corrected chi connectivity index (χ0v) is 15.1. The first-order valence-corrected chi connectivity index (χ1v) is 9.19. The number of primary amides is 1. The minimum absolute atomic E-state index is 0.158. The van der Waals surface area contributed by atoms with E-state index in [-0.39, 0.29) is 17.1 Å². The molecule has 3 rings (SSSR count). The summed E-state index contributed by atoms with van der Waals surface area (Å²) in [5, 5.41) is 5.50. The predicted octanol–water partition coefficient (Wildman–Crippen LogP) is 3.95. The summed E-state index contributed by atoms with van der Waals surface area (Å²) < 4.78 is 13.3. The third kappa shape index (κ3) is 4.64. The Morgan fingerprint density at radius 3 is 2.19 bits per heavy atom. The van der Waals surface area contributed by atoms with Crippen molar-refractivity contribution in [1.29, 1.82) is 0 Å². The summed E-state index contributed by atoms with van der Waals surface area (Å²) in [5.41, 5.74) is 7.04. The molecule has 1 saturated carbocycles. The molecule has 0 atom stereocenters. The number of urea groups is 1. The average molecular weight is 369 g/mol. The van der Waals surface area contributed by atoms with Crippen molar-refractivity contribution in [2.45, 2.75) is 37.5 Å². The molecule has 1 fully saturated rings. The molecule has 5 nitrogen and oxygen atoms in total. The van der Waals surface area contributed by atoms with Gasteiger partial charge in [-0.1, -0.05) is 31.4 Å². The van der Waals surface area contributed by atoms with E-state index >= 15 is 0 Å². The molecule has 1 aliphatic rings. The van der Waals surface area contributed by atoms with Crippen LogP contribution in [-0.4, -0.2) is 18.5 Å². The molecule has 0 radical (unpaired) electrons. The fraction of sp³-hybridized carbons (Fsp3) is 0.333. The van der Waals surface area contributed by atoms with Crippen molar-refractivity contribution in [2.75, 3.05) is 11.9 Å². The summed E-state index contributed by atoms with van der Waals surface area (Å²) in [4.78, 5) is 23.4. The van der Waals surface area contributed by atoms with Gasteiger partial charge in [0.05, 0.1) is 0 Å². The maximum Gasteiger partial charge on any atom is 0.316 e. The number of halogens is 1. The largest absolute Gasteiger partial charge is 0.351 e. The highest BCUT2D eigenvalue weighted by Crippen LogP contribution is 2.39. The van der Waals surface area contributed by atoms with Crippen LogP contribution in [0, 0.1) is 5.82 Å². The van der Waals surface area contributed by atoms with E-state index in [9.17, 15) is 14.0 Å². The van der Waals surface area contributed by atoms with E-state index < -0.39 is 6.03 Å². The van der Waals surface area contributed by atoms with Crippen LogP contribution in [0.1, 0.15) is 48.0 Å². The zero-order chi connectivity index (χ0) is 19.3. The number of nitrogens with two attached hydrogens (primary N) is 1. The van der Waals surface area contributed by atoms with E-state index in [1.807, 2.05) is 12.1 Å². The highest BCUT2D eigenvalue weighted by molar-refractivity contribution is 5.95. The van der Waals surface area contributed by atoms with Crippen LogP contribution in [0.2, 0.25) is 0 Å². The Bertz CT molecular complexity index is 797. The molecule has 27 heavy (non-hydrogen) atoms. The molecule has 4 N–H and O–H groups in total. The fourth-order valence-electron chi connectivity index (χ4n) is 3.80. The molecule has 0 bridgehead atoms. The minimum atomic E-state index is -0.647. The number of carbonyl (C=O) groups excluding carboxylic acids is 2. The van der Waals surface area contributed by atoms with Crippen molar-refractivity contribution < 1.29 is 14.0 Å². The summed E-state index contributed by atoms with van der Waals surface area (Å²) in [6.07, 6.45) is 5.33. The zero-order valence-electron chi connectivity index (χ0n) is 15.1. The van der Waals surface area contributed by atoms with Crippen molar-refractivity contribution >= 4 is 17.6 Å². The van der Waals surface area contributed by atoms with Gasteiger partial charge in [-0.25, -0.2) is 9.18 Å². The van der Waals surface area contributed by atoms with Crippen LogP contribution in [0.15, 0.2) is 48.5 Å². The van der Waals surface area contributed by atoms with Gasteiger partial charge in [-0.05, 0) is 54.8 Å². The standard InChI is InChI=1S/C21H24FN3O2/c22-17-8-6-16(7-9-17)21(12-2-1-3-13-21)14-24-19(26)15-4-10-18(11-5-15)25-20(23)27/h4-11H,1-3,12-14H2,(H,24,26)(H3,23,25,27). The Hall–Kier alpha value is -2.89. The summed E-state index contributed by atoms with van der Waals surface area (Å²) in [6, 6.07) is 12.5. The van der Waals surface area contributed by atoms with Crippen LogP contribution in [0.4, 0.5) is 14.9 Å². The number of nitrogens with one attached hydrogen (secondary N) is 2. The third-order valence-corrected chi connectivity index (χ3v) is 5.27. The molecule has 0 unspecified atom stereocenters. The lowest BCUT2D eigenvalue weighted by Gasteiger charge is -2.38. The number of benzene rings is 2. The van der Waals surface area contributed by atoms with E-state index in [2.05, 4.69) is 10.6 Å². The van der Waals surface area contributed by atoms with E-state index in [4.69, 9.17) is 5.73 Å². The second-order valence-electron chi connectivity index (χ2n) is 7.10. The van der Waals surface area contributed by atoms with Crippen LogP contribution in [-0.2, 0) is 5.41 Å². The lowest BCUT2D eigenvalue weighted by atomic mass is 9.69. The maximum absolute atomic E-state index is 13.3. The molecule has 2 aromatic carbocycles. The Morgan fingerprint density at radius 2 is 1.59 bits per heavy atom. The molecule has 0 saturated heterocycles. The van der Waals surface area contributed by atoms with Gasteiger partial charge in [0, 0.05) is 23.2 Å². The van der Waals surface area contributed by atoms with Gasteiger partial charge in [0.1, 0.15) is 5.82 Å².